The van der Waals surface area contributed by atoms with Crippen molar-refractivity contribution in [2.45, 2.75) is 19.4 Å². The number of nitrogens with one attached hydrogen (secondary N) is 1. The maximum atomic E-state index is 4.35. The average molecular weight is 203 g/mol. The molecule has 0 aromatic carbocycles. The molecule has 2 aliphatic rings. The average Bonchev–Trinajstić information content (AvgIpc) is 2.22. The van der Waals surface area contributed by atoms with E-state index < -0.39 is 0 Å². The van der Waals surface area contributed by atoms with Gasteiger partial charge in [-0.05, 0) is 37.9 Å². The molecule has 2 fully saturated rings. The van der Waals surface area contributed by atoms with Gasteiger partial charge in [-0.15, -0.1) is 0 Å². The monoisotopic (exact) mass is 203 g/mol. The van der Waals surface area contributed by atoms with Crippen molar-refractivity contribution in [3.05, 3.63) is 24.0 Å². The van der Waals surface area contributed by atoms with Gasteiger partial charge in [-0.3, -0.25) is 4.98 Å². The molecule has 1 aromatic rings. The van der Waals surface area contributed by atoms with E-state index in [1.807, 2.05) is 13.1 Å². The molecule has 3 rings (SSSR count). The summed E-state index contributed by atoms with van der Waals surface area (Å²) in [5.41, 5.74) is 2.36. The summed E-state index contributed by atoms with van der Waals surface area (Å²) in [4.78, 5) is 6.80. The van der Waals surface area contributed by atoms with Gasteiger partial charge in [0, 0.05) is 24.8 Å². The van der Waals surface area contributed by atoms with Crippen LogP contribution in [0, 0.1) is 12.8 Å². The topological polar surface area (TPSA) is 28.2 Å². The molecule has 80 valence electrons. The Kier molecular flexibility index (Phi) is 2.13. The van der Waals surface area contributed by atoms with E-state index in [4.69, 9.17) is 0 Å². The molecular weight excluding hydrogens is 186 g/mol. The van der Waals surface area contributed by atoms with Gasteiger partial charge in [-0.1, -0.05) is 0 Å². The highest BCUT2D eigenvalue weighted by atomic mass is 15.2. The van der Waals surface area contributed by atoms with Crippen molar-refractivity contribution >= 4 is 5.69 Å². The Labute approximate surface area is 90.5 Å². The third-order valence-electron chi connectivity index (χ3n) is 3.66. The smallest absolute Gasteiger partial charge is 0.0553 e. The van der Waals surface area contributed by atoms with Crippen LogP contribution in [0.15, 0.2) is 18.3 Å². The van der Waals surface area contributed by atoms with Crippen molar-refractivity contribution in [3.8, 4) is 0 Å². The van der Waals surface area contributed by atoms with Crippen LogP contribution < -0.4 is 10.2 Å². The van der Waals surface area contributed by atoms with Crippen LogP contribution in [0.3, 0.4) is 0 Å². The fourth-order valence-electron chi connectivity index (χ4n) is 2.50. The summed E-state index contributed by atoms with van der Waals surface area (Å²) in [7, 11) is 0. The SMILES string of the molecule is Cc1ccc(N2CC[C@H]3CN[C@H]3C2)cn1. The van der Waals surface area contributed by atoms with E-state index in [0.717, 1.165) is 24.2 Å². The Morgan fingerprint density at radius 1 is 1.47 bits per heavy atom. The lowest BCUT2D eigenvalue weighted by Gasteiger charge is -2.47. The lowest BCUT2D eigenvalue weighted by atomic mass is 9.85. The van der Waals surface area contributed by atoms with Crippen molar-refractivity contribution < 1.29 is 0 Å². The van der Waals surface area contributed by atoms with E-state index in [-0.39, 0.29) is 0 Å². The Morgan fingerprint density at radius 2 is 2.40 bits per heavy atom. The highest BCUT2D eigenvalue weighted by Crippen LogP contribution is 2.27. The molecule has 0 amide bonds. The third kappa shape index (κ3) is 1.61. The second kappa shape index (κ2) is 3.49. The zero-order chi connectivity index (χ0) is 10.3. The second-order valence-electron chi connectivity index (χ2n) is 4.67. The zero-order valence-electron chi connectivity index (χ0n) is 9.11. The molecule has 2 saturated heterocycles. The van der Waals surface area contributed by atoms with Crippen molar-refractivity contribution in [2.75, 3.05) is 24.5 Å². The van der Waals surface area contributed by atoms with E-state index >= 15 is 0 Å². The maximum absolute atomic E-state index is 4.35. The summed E-state index contributed by atoms with van der Waals surface area (Å²) in [6.07, 6.45) is 3.32. The van der Waals surface area contributed by atoms with Gasteiger partial charge in [0.2, 0.25) is 0 Å². The van der Waals surface area contributed by atoms with Gasteiger partial charge < -0.3 is 10.2 Å². The molecule has 0 aliphatic carbocycles. The molecule has 2 atom stereocenters. The first-order valence-electron chi connectivity index (χ1n) is 5.74. The Balaban J connectivity index is 1.74. The fourth-order valence-corrected chi connectivity index (χ4v) is 2.50. The van der Waals surface area contributed by atoms with E-state index in [2.05, 4.69) is 27.3 Å². The van der Waals surface area contributed by atoms with Crippen LogP contribution >= 0.6 is 0 Å². The predicted octanol–water partition coefficient (Wildman–Crippen LogP) is 1.19. The molecule has 0 saturated carbocycles. The standard InChI is InChI=1S/C12H17N3/c1-9-2-3-11(7-13-9)15-5-4-10-6-14-12(10)8-15/h2-3,7,10,12,14H,4-6,8H2,1H3/t10-,12-/m0/s1. The molecule has 3 nitrogen and oxygen atoms in total. The molecule has 0 radical (unpaired) electrons. The van der Waals surface area contributed by atoms with Crippen LogP contribution in [-0.4, -0.2) is 30.7 Å². The predicted molar refractivity (Wildman–Crippen MR) is 61.1 cm³/mol. The second-order valence-corrected chi connectivity index (χ2v) is 4.67. The number of nitrogens with zero attached hydrogens (tertiary/aromatic N) is 2. The summed E-state index contributed by atoms with van der Waals surface area (Å²) < 4.78 is 0. The number of hydrogen-bond donors (Lipinski definition) is 1. The van der Waals surface area contributed by atoms with Crippen molar-refractivity contribution in [3.63, 3.8) is 0 Å². The molecule has 2 aliphatic heterocycles. The number of aryl methyl sites for hydroxylation is 1. The molecule has 0 spiro atoms. The largest absolute Gasteiger partial charge is 0.369 e. The first-order chi connectivity index (χ1) is 7.33. The van der Waals surface area contributed by atoms with Crippen LogP contribution in [0.4, 0.5) is 5.69 Å². The van der Waals surface area contributed by atoms with Gasteiger partial charge in [0.05, 0.1) is 11.9 Å². The molecule has 1 aromatic heterocycles. The van der Waals surface area contributed by atoms with Crippen LogP contribution in [0.2, 0.25) is 0 Å². The zero-order valence-corrected chi connectivity index (χ0v) is 9.11. The van der Waals surface area contributed by atoms with E-state index in [9.17, 15) is 0 Å². The lowest BCUT2D eigenvalue weighted by molar-refractivity contribution is 0.197. The normalized spacial score (nSPS) is 29.5. The quantitative estimate of drug-likeness (QED) is 0.743. The summed E-state index contributed by atoms with van der Waals surface area (Å²) in [6, 6.07) is 5.00. The first-order valence-corrected chi connectivity index (χ1v) is 5.74. The van der Waals surface area contributed by atoms with Crippen molar-refractivity contribution in [1.29, 1.82) is 0 Å². The molecule has 0 bridgehead atoms. The number of hydrogen-bond acceptors (Lipinski definition) is 3. The van der Waals surface area contributed by atoms with Crippen LogP contribution in [0.25, 0.3) is 0 Å². The Bertz CT molecular complexity index is 346. The van der Waals surface area contributed by atoms with Gasteiger partial charge in [-0.25, -0.2) is 0 Å². The number of anilines is 1. The number of fused-ring (bicyclic) bond motifs is 1. The fraction of sp³-hybridized carbons (Fsp3) is 0.583. The minimum Gasteiger partial charge on any atom is -0.369 e. The molecule has 0 unspecified atom stereocenters. The van der Waals surface area contributed by atoms with E-state index in [1.165, 1.54) is 25.2 Å². The molecule has 15 heavy (non-hydrogen) atoms. The molecular formula is C12H17N3. The molecule has 3 heterocycles. The number of rotatable bonds is 1. The Morgan fingerprint density at radius 3 is 3.00 bits per heavy atom. The highest BCUT2D eigenvalue weighted by molar-refractivity contribution is 5.45. The van der Waals surface area contributed by atoms with Crippen molar-refractivity contribution in [1.82, 2.24) is 10.3 Å². The lowest BCUT2D eigenvalue weighted by Crippen LogP contribution is -2.62. The van der Waals surface area contributed by atoms with Gasteiger partial charge in [0.15, 0.2) is 0 Å². The molecule has 1 N–H and O–H groups in total. The number of pyridine rings is 1. The Hall–Kier alpha value is -1.09. The summed E-state index contributed by atoms with van der Waals surface area (Å²) in [5.74, 6) is 0.930. The van der Waals surface area contributed by atoms with E-state index in [0.29, 0.717) is 0 Å². The van der Waals surface area contributed by atoms with Gasteiger partial charge >= 0.3 is 0 Å². The third-order valence-corrected chi connectivity index (χ3v) is 3.66. The summed E-state index contributed by atoms with van der Waals surface area (Å²) in [5, 5.41) is 3.50. The summed E-state index contributed by atoms with van der Waals surface area (Å²) >= 11 is 0. The van der Waals surface area contributed by atoms with Gasteiger partial charge in [0.1, 0.15) is 0 Å². The van der Waals surface area contributed by atoms with Gasteiger partial charge in [-0.2, -0.15) is 0 Å². The van der Waals surface area contributed by atoms with Crippen LogP contribution in [0.1, 0.15) is 12.1 Å². The van der Waals surface area contributed by atoms with Gasteiger partial charge in [0.25, 0.3) is 0 Å². The number of piperidine rings is 1. The maximum Gasteiger partial charge on any atom is 0.0553 e. The van der Waals surface area contributed by atoms with Crippen LogP contribution in [0.5, 0.6) is 0 Å². The highest BCUT2D eigenvalue weighted by Gasteiger charge is 2.35. The minimum absolute atomic E-state index is 0.722. The van der Waals surface area contributed by atoms with Crippen LogP contribution in [-0.2, 0) is 0 Å². The number of aromatic nitrogens is 1. The molecule has 3 heteroatoms. The first kappa shape index (κ1) is 9.16. The van der Waals surface area contributed by atoms with Crippen molar-refractivity contribution in [2.24, 2.45) is 5.92 Å². The van der Waals surface area contributed by atoms with E-state index in [1.54, 1.807) is 0 Å². The minimum atomic E-state index is 0.722. The summed E-state index contributed by atoms with van der Waals surface area (Å²) in [6.45, 7) is 5.59.